The fourth-order valence-corrected chi connectivity index (χ4v) is 3.98. The predicted octanol–water partition coefficient (Wildman–Crippen LogP) is 3.63. The van der Waals surface area contributed by atoms with E-state index in [1.165, 1.54) is 4.88 Å². The largest absolute Gasteiger partial charge is 0.496 e. The van der Waals surface area contributed by atoms with Gasteiger partial charge in [-0.15, -0.1) is 11.3 Å². The molecule has 0 N–H and O–H groups in total. The number of thiophene rings is 1. The van der Waals surface area contributed by atoms with E-state index >= 15 is 0 Å². The molecule has 0 spiro atoms. The van der Waals surface area contributed by atoms with Crippen LogP contribution in [0.4, 0.5) is 0 Å². The number of hydrogen-bond acceptors (Lipinski definition) is 6. The summed E-state index contributed by atoms with van der Waals surface area (Å²) in [5.41, 5.74) is 0.992. The first-order valence-electron chi connectivity index (χ1n) is 8.44. The molecule has 1 fully saturated rings. The maximum atomic E-state index is 12.4. The average Bonchev–Trinajstić information content (AvgIpc) is 3.36. The van der Waals surface area contributed by atoms with Gasteiger partial charge in [0.1, 0.15) is 5.75 Å². The van der Waals surface area contributed by atoms with Crippen molar-refractivity contribution in [3.63, 3.8) is 0 Å². The van der Waals surface area contributed by atoms with Crippen LogP contribution in [-0.4, -0.2) is 34.6 Å². The molecule has 1 aromatic carbocycles. The van der Waals surface area contributed by atoms with Gasteiger partial charge in [0.05, 0.1) is 12.0 Å². The number of carbonyl (C=O) groups is 1. The second-order valence-electron chi connectivity index (χ2n) is 6.36. The van der Waals surface area contributed by atoms with E-state index in [4.69, 9.17) is 9.26 Å². The number of likely N-dealkylation sites (tertiary alicyclic amines) is 1. The van der Waals surface area contributed by atoms with Crippen molar-refractivity contribution in [2.24, 2.45) is 0 Å². The molecular formula is C19H19N3O3S. The van der Waals surface area contributed by atoms with Gasteiger partial charge in [0.15, 0.2) is 5.82 Å². The topological polar surface area (TPSA) is 68.5 Å². The summed E-state index contributed by atoms with van der Waals surface area (Å²) in [5, 5.41) is 4.11. The Bertz CT molecular complexity index is 934. The second kappa shape index (κ2) is 6.92. The minimum absolute atomic E-state index is 0.0456. The number of benzene rings is 1. The van der Waals surface area contributed by atoms with Crippen molar-refractivity contribution < 1.29 is 14.1 Å². The predicted molar refractivity (Wildman–Crippen MR) is 98.1 cm³/mol. The molecule has 3 aromatic rings. The summed E-state index contributed by atoms with van der Waals surface area (Å²) in [7, 11) is 1.64. The molecule has 2 aromatic heterocycles. The zero-order chi connectivity index (χ0) is 18.1. The van der Waals surface area contributed by atoms with Crippen molar-refractivity contribution >= 4 is 17.2 Å². The Kier molecular flexibility index (Phi) is 4.46. The fraction of sp³-hybridized carbons (Fsp3) is 0.316. The molecule has 1 unspecified atom stereocenters. The lowest BCUT2D eigenvalue weighted by Crippen LogP contribution is -2.24. The Balaban J connectivity index is 1.49. The van der Waals surface area contributed by atoms with Gasteiger partial charge in [-0.05, 0) is 25.1 Å². The second-order valence-corrected chi connectivity index (χ2v) is 7.64. The van der Waals surface area contributed by atoms with Crippen LogP contribution in [0.3, 0.4) is 0 Å². The molecule has 0 bridgehead atoms. The normalized spacial score (nSPS) is 17.1. The van der Waals surface area contributed by atoms with Crippen molar-refractivity contribution in [2.45, 2.75) is 25.8 Å². The monoisotopic (exact) mass is 369 g/mol. The molecule has 134 valence electrons. The number of aryl methyl sites for hydroxylation is 1. The third-order valence-corrected chi connectivity index (χ3v) is 5.51. The van der Waals surface area contributed by atoms with Crippen LogP contribution in [0.15, 0.2) is 40.9 Å². The summed E-state index contributed by atoms with van der Waals surface area (Å²) >= 11 is 1.62. The Labute approximate surface area is 155 Å². The van der Waals surface area contributed by atoms with Crippen LogP contribution in [0.25, 0.3) is 10.8 Å². The first-order valence-corrected chi connectivity index (χ1v) is 9.26. The maximum Gasteiger partial charge on any atom is 0.268 e. The molecule has 7 heteroatoms. The molecule has 1 atom stereocenters. The number of aromatic nitrogens is 2. The van der Waals surface area contributed by atoms with Crippen LogP contribution < -0.4 is 4.74 Å². The molecule has 1 saturated heterocycles. The van der Waals surface area contributed by atoms with E-state index in [0.717, 1.165) is 16.2 Å². The van der Waals surface area contributed by atoms with E-state index in [9.17, 15) is 4.79 Å². The summed E-state index contributed by atoms with van der Waals surface area (Å²) in [6, 6.07) is 11.8. The number of carbonyl (C=O) groups excluding carboxylic acids is 1. The SMILES string of the molecule is COc1ccccc1CN1CC(c2noc(-c3ccc(C)s3)n2)CC1=O. The Morgan fingerprint density at radius 1 is 1.31 bits per heavy atom. The fourth-order valence-electron chi connectivity index (χ4n) is 3.19. The number of methoxy groups -OCH3 is 1. The van der Waals surface area contributed by atoms with Crippen molar-refractivity contribution in [1.82, 2.24) is 15.0 Å². The van der Waals surface area contributed by atoms with Gasteiger partial charge < -0.3 is 14.2 Å². The number of ether oxygens (including phenoxy) is 1. The zero-order valence-corrected chi connectivity index (χ0v) is 15.5. The molecule has 0 radical (unpaired) electrons. The van der Waals surface area contributed by atoms with Crippen LogP contribution >= 0.6 is 11.3 Å². The summed E-state index contributed by atoms with van der Waals surface area (Å²) in [4.78, 5) is 20.9. The van der Waals surface area contributed by atoms with Gasteiger partial charge in [0.2, 0.25) is 5.91 Å². The lowest BCUT2D eigenvalue weighted by Gasteiger charge is -2.17. The number of amides is 1. The van der Waals surface area contributed by atoms with E-state index in [2.05, 4.69) is 10.1 Å². The summed E-state index contributed by atoms with van der Waals surface area (Å²) in [6.07, 6.45) is 0.400. The number of hydrogen-bond donors (Lipinski definition) is 0. The van der Waals surface area contributed by atoms with Crippen molar-refractivity contribution in [3.05, 3.63) is 52.7 Å². The highest BCUT2D eigenvalue weighted by atomic mass is 32.1. The number of para-hydroxylation sites is 1. The standard InChI is InChI=1S/C19H19N3O3S/c1-12-7-8-16(26-12)19-20-18(21-25-19)14-9-17(23)22(11-14)10-13-5-3-4-6-15(13)24-2/h3-8,14H,9-11H2,1-2H3. The Morgan fingerprint density at radius 3 is 2.92 bits per heavy atom. The molecule has 1 aliphatic rings. The summed E-state index contributed by atoms with van der Waals surface area (Å²) in [5.74, 6) is 1.96. The molecule has 6 nitrogen and oxygen atoms in total. The third kappa shape index (κ3) is 3.22. The van der Waals surface area contributed by atoms with Gasteiger partial charge in [-0.3, -0.25) is 4.79 Å². The summed E-state index contributed by atoms with van der Waals surface area (Å²) < 4.78 is 10.8. The van der Waals surface area contributed by atoms with E-state index in [-0.39, 0.29) is 11.8 Å². The van der Waals surface area contributed by atoms with Crippen molar-refractivity contribution in [3.8, 4) is 16.5 Å². The highest BCUT2D eigenvalue weighted by Crippen LogP contribution is 2.32. The van der Waals surface area contributed by atoms with Crippen molar-refractivity contribution in [1.29, 1.82) is 0 Å². The van der Waals surface area contributed by atoms with Gasteiger partial charge in [-0.1, -0.05) is 23.4 Å². The van der Waals surface area contributed by atoms with Gasteiger partial charge >= 0.3 is 0 Å². The van der Waals surface area contributed by atoms with E-state index in [1.54, 1.807) is 18.4 Å². The van der Waals surface area contributed by atoms with Crippen LogP contribution in [0.2, 0.25) is 0 Å². The minimum Gasteiger partial charge on any atom is -0.496 e. The minimum atomic E-state index is -0.0456. The molecule has 0 saturated carbocycles. The molecule has 4 rings (SSSR count). The lowest BCUT2D eigenvalue weighted by atomic mass is 10.1. The maximum absolute atomic E-state index is 12.4. The average molecular weight is 369 g/mol. The van der Waals surface area contributed by atoms with Gasteiger partial charge in [0.25, 0.3) is 5.89 Å². The van der Waals surface area contributed by atoms with Crippen LogP contribution in [0, 0.1) is 6.92 Å². The molecular weight excluding hydrogens is 350 g/mol. The van der Waals surface area contributed by atoms with Crippen LogP contribution in [0.1, 0.15) is 28.6 Å². The highest BCUT2D eigenvalue weighted by molar-refractivity contribution is 7.15. The van der Waals surface area contributed by atoms with Gasteiger partial charge in [0, 0.05) is 35.9 Å². The van der Waals surface area contributed by atoms with E-state index < -0.39 is 0 Å². The molecule has 3 heterocycles. The number of rotatable bonds is 5. The molecule has 26 heavy (non-hydrogen) atoms. The van der Waals surface area contributed by atoms with E-state index in [0.29, 0.717) is 31.2 Å². The Morgan fingerprint density at radius 2 is 2.15 bits per heavy atom. The van der Waals surface area contributed by atoms with Gasteiger partial charge in [-0.25, -0.2) is 0 Å². The molecule has 0 aliphatic carbocycles. The first kappa shape index (κ1) is 16.8. The van der Waals surface area contributed by atoms with Gasteiger partial charge in [-0.2, -0.15) is 4.98 Å². The lowest BCUT2D eigenvalue weighted by molar-refractivity contribution is -0.128. The quantitative estimate of drug-likeness (QED) is 0.687. The van der Waals surface area contributed by atoms with E-state index in [1.807, 2.05) is 48.2 Å². The first-order chi connectivity index (χ1) is 12.6. The third-order valence-electron chi connectivity index (χ3n) is 4.53. The summed E-state index contributed by atoms with van der Waals surface area (Å²) in [6.45, 7) is 3.14. The molecule has 1 aliphatic heterocycles. The highest BCUT2D eigenvalue weighted by Gasteiger charge is 2.34. The van der Waals surface area contributed by atoms with Crippen LogP contribution in [0.5, 0.6) is 5.75 Å². The molecule has 1 amide bonds. The van der Waals surface area contributed by atoms with Crippen molar-refractivity contribution in [2.75, 3.05) is 13.7 Å². The van der Waals surface area contributed by atoms with Crippen LogP contribution in [-0.2, 0) is 11.3 Å². The Hall–Kier alpha value is -2.67. The smallest absolute Gasteiger partial charge is 0.268 e. The zero-order valence-electron chi connectivity index (χ0n) is 14.6. The number of nitrogens with zero attached hydrogens (tertiary/aromatic N) is 3.